The summed E-state index contributed by atoms with van der Waals surface area (Å²) in [5, 5.41) is 0. The van der Waals surface area contributed by atoms with Crippen LogP contribution < -0.4 is 10.5 Å². The second-order valence-electron chi connectivity index (χ2n) is 8.44. The Morgan fingerprint density at radius 2 is 1.87 bits per heavy atom. The van der Waals surface area contributed by atoms with Gasteiger partial charge in [-0.3, -0.25) is 4.90 Å². The number of anilines is 1. The highest BCUT2D eigenvalue weighted by molar-refractivity contribution is 5.63. The fraction of sp³-hybridized carbons (Fsp3) is 0.600. The summed E-state index contributed by atoms with van der Waals surface area (Å²) in [4.78, 5) is 12.8. The number of aromatic amines is 1. The molecular weight excluding hydrogens is 421 g/mol. The zero-order chi connectivity index (χ0) is 22.2. The van der Waals surface area contributed by atoms with Crippen molar-refractivity contribution in [3.05, 3.63) is 24.3 Å². The highest BCUT2D eigenvalue weighted by Crippen LogP contribution is 2.45. The first-order valence-electron chi connectivity index (χ1n) is 10.2. The van der Waals surface area contributed by atoms with Crippen molar-refractivity contribution in [2.24, 2.45) is 17.8 Å². The number of nitrogens with one attached hydrogen (secondary N) is 1. The molecule has 3 heterocycles. The molecule has 2 aromatic heterocycles. The molecule has 0 radical (unpaired) electrons. The summed E-state index contributed by atoms with van der Waals surface area (Å²) in [6, 6.07) is 1.43. The summed E-state index contributed by atoms with van der Waals surface area (Å²) in [5.41, 5.74) is 6.83. The van der Waals surface area contributed by atoms with Crippen LogP contribution in [0.1, 0.15) is 25.1 Å². The Morgan fingerprint density at radius 3 is 2.48 bits per heavy atom. The van der Waals surface area contributed by atoms with Crippen LogP contribution in [-0.2, 0) is 6.42 Å². The van der Waals surface area contributed by atoms with Gasteiger partial charge in [0.25, 0.3) is 0 Å². The van der Waals surface area contributed by atoms with Gasteiger partial charge < -0.3 is 15.5 Å². The maximum atomic E-state index is 12.3. The number of halogens is 5. The largest absolute Gasteiger partial charge is 0.431 e. The van der Waals surface area contributed by atoms with E-state index in [-0.39, 0.29) is 11.6 Å². The topological polar surface area (TPSA) is 80.1 Å². The van der Waals surface area contributed by atoms with Gasteiger partial charge in [0.05, 0.1) is 18.4 Å². The van der Waals surface area contributed by atoms with E-state index >= 15 is 0 Å². The highest BCUT2D eigenvalue weighted by Gasteiger charge is 2.47. The Kier molecular flexibility index (Phi) is 6.05. The van der Waals surface area contributed by atoms with Gasteiger partial charge in [-0.1, -0.05) is 0 Å². The number of hydrogen-bond acceptors (Lipinski definition) is 5. The monoisotopic (exact) mass is 445 g/mol. The molecule has 1 saturated heterocycles. The number of aromatic nitrogens is 3. The zero-order valence-electron chi connectivity index (χ0n) is 16.7. The Balaban J connectivity index is 0.000000177. The van der Waals surface area contributed by atoms with Gasteiger partial charge in [0.1, 0.15) is 5.82 Å². The van der Waals surface area contributed by atoms with Gasteiger partial charge in [-0.2, -0.15) is 22.0 Å². The van der Waals surface area contributed by atoms with E-state index in [0.29, 0.717) is 36.2 Å². The van der Waals surface area contributed by atoms with E-state index in [1.165, 1.54) is 30.0 Å². The number of nitrogens with zero attached hydrogens (tertiary/aromatic N) is 3. The number of nitrogen functional groups attached to an aromatic ring is 1. The number of likely N-dealkylation sites (tertiary alicyclic amines) is 1. The smallest absolute Gasteiger partial charge is 0.401 e. The van der Waals surface area contributed by atoms with E-state index < -0.39 is 19.3 Å². The number of fused-ring (bicyclic) bond motifs is 1. The number of hydrogen-bond donors (Lipinski definition) is 2. The number of H-pyrrole nitrogens is 1. The lowest BCUT2D eigenvalue weighted by molar-refractivity contribution is -0.144. The number of nitrogens with two attached hydrogens (primary N) is 1. The minimum atomic E-state index is -4.00. The summed E-state index contributed by atoms with van der Waals surface area (Å²) >= 11 is 0. The Hall–Kier alpha value is -2.43. The summed E-state index contributed by atoms with van der Waals surface area (Å²) in [7, 11) is 0. The zero-order valence-corrected chi connectivity index (χ0v) is 16.7. The van der Waals surface area contributed by atoms with Gasteiger partial charge in [-0.05, 0) is 43.1 Å². The average Bonchev–Trinajstić information content (AvgIpc) is 3.53. The molecule has 6 nitrogen and oxygen atoms in total. The molecule has 2 aromatic rings. The van der Waals surface area contributed by atoms with Crippen molar-refractivity contribution in [1.29, 1.82) is 0 Å². The molecule has 31 heavy (non-hydrogen) atoms. The number of rotatable bonds is 6. The van der Waals surface area contributed by atoms with Gasteiger partial charge >= 0.3 is 12.8 Å². The second kappa shape index (κ2) is 8.60. The third-order valence-corrected chi connectivity index (χ3v) is 5.67. The predicted molar refractivity (Wildman–Crippen MR) is 103 cm³/mol. The number of pyridine rings is 1. The Labute approximate surface area is 176 Å². The maximum absolute atomic E-state index is 12.3. The fourth-order valence-corrected chi connectivity index (χ4v) is 3.88. The molecule has 0 spiro atoms. The molecular formula is C20H24F5N5O. The molecule has 2 atom stereocenters. The van der Waals surface area contributed by atoms with E-state index in [4.69, 9.17) is 5.73 Å². The van der Waals surface area contributed by atoms with Crippen molar-refractivity contribution in [2.75, 3.05) is 25.4 Å². The molecule has 0 amide bonds. The van der Waals surface area contributed by atoms with Crippen molar-refractivity contribution in [2.45, 2.75) is 38.5 Å². The van der Waals surface area contributed by atoms with Crippen LogP contribution in [-0.4, -0.2) is 52.3 Å². The van der Waals surface area contributed by atoms with Gasteiger partial charge in [0.2, 0.25) is 0 Å². The van der Waals surface area contributed by atoms with Crippen LogP contribution in [0.15, 0.2) is 18.5 Å². The lowest BCUT2D eigenvalue weighted by atomic mass is 10.2. The lowest BCUT2D eigenvalue weighted by Crippen LogP contribution is -2.33. The second-order valence-corrected chi connectivity index (χ2v) is 8.44. The first kappa shape index (κ1) is 21.8. The van der Waals surface area contributed by atoms with Gasteiger partial charge in [-0.15, -0.1) is 0 Å². The summed E-state index contributed by atoms with van der Waals surface area (Å²) in [5.74, 6) is 2.62. The minimum Gasteiger partial charge on any atom is -0.431 e. The van der Waals surface area contributed by atoms with Crippen LogP contribution in [0.3, 0.4) is 0 Å². The van der Waals surface area contributed by atoms with Crippen molar-refractivity contribution in [3.8, 4) is 17.0 Å². The third kappa shape index (κ3) is 6.28. The highest BCUT2D eigenvalue weighted by atomic mass is 19.4. The van der Waals surface area contributed by atoms with Crippen LogP contribution in [0.2, 0.25) is 0 Å². The average molecular weight is 445 g/mol. The first-order chi connectivity index (χ1) is 14.7. The van der Waals surface area contributed by atoms with Gasteiger partial charge in [-0.25, -0.2) is 9.97 Å². The van der Waals surface area contributed by atoms with Crippen LogP contribution in [0, 0.1) is 17.8 Å². The maximum Gasteiger partial charge on any atom is 0.401 e. The molecule has 11 heteroatoms. The van der Waals surface area contributed by atoms with Crippen LogP contribution in [0.5, 0.6) is 5.75 Å². The predicted octanol–water partition coefficient (Wildman–Crippen LogP) is 4.11. The quantitative estimate of drug-likeness (QED) is 0.655. The van der Waals surface area contributed by atoms with Crippen molar-refractivity contribution in [1.82, 2.24) is 19.9 Å². The van der Waals surface area contributed by atoms with E-state index in [0.717, 1.165) is 24.6 Å². The lowest BCUT2D eigenvalue weighted by Gasteiger charge is -2.18. The molecule has 0 aromatic carbocycles. The molecule has 170 valence electrons. The summed E-state index contributed by atoms with van der Waals surface area (Å²) < 4.78 is 64.3. The molecule has 1 aliphatic heterocycles. The molecule has 5 rings (SSSR count). The number of imidazole rings is 1. The molecule has 2 unspecified atom stereocenters. The Bertz CT molecular complexity index is 888. The summed E-state index contributed by atoms with van der Waals surface area (Å²) in [6.45, 7) is -2.30. The molecule has 2 saturated carbocycles. The van der Waals surface area contributed by atoms with E-state index in [9.17, 15) is 22.0 Å². The normalized spacial score (nSPS) is 22.8. The van der Waals surface area contributed by atoms with Crippen LogP contribution in [0.25, 0.3) is 11.3 Å². The standard InChI is InChI=1S/C13H14F2N4O.C7H10F3N/c14-13(15)20-10-4-8(5-18-12(10)16)9-6-17-11(19-9)3-7-1-2-7;8-7(9,10)4-11-2-5-1-6(5)3-11/h4-7,13H,1-3H2,(H2,16,18)(H,17,19);5-6H,1-4H2. The molecule has 2 aliphatic carbocycles. The fourth-order valence-electron chi connectivity index (χ4n) is 3.88. The minimum absolute atomic E-state index is 0.0632. The number of piperidine rings is 1. The third-order valence-electron chi connectivity index (χ3n) is 5.67. The molecule has 3 fully saturated rings. The SMILES string of the molecule is FC(F)(F)CN1CC2CC2C1.Nc1ncc(-c2cnc(CC3CC3)[nH]2)cc1OC(F)F. The number of ether oxygens (including phenoxy) is 1. The van der Waals surface area contributed by atoms with Crippen molar-refractivity contribution >= 4 is 5.82 Å². The number of alkyl halides is 5. The van der Waals surface area contributed by atoms with Crippen LogP contribution >= 0.6 is 0 Å². The van der Waals surface area contributed by atoms with Crippen LogP contribution in [0.4, 0.5) is 27.8 Å². The summed E-state index contributed by atoms with van der Waals surface area (Å²) in [6.07, 6.45) is 3.73. The Morgan fingerprint density at radius 1 is 1.16 bits per heavy atom. The van der Waals surface area contributed by atoms with Gasteiger partial charge in [0.15, 0.2) is 11.6 Å². The van der Waals surface area contributed by atoms with E-state index in [1.807, 2.05) is 0 Å². The van der Waals surface area contributed by atoms with E-state index in [2.05, 4.69) is 19.7 Å². The first-order valence-corrected chi connectivity index (χ1v) is 10.2. The molecule has 3 aliphatic rings. The molecule has 3 N–H and O–H groups in total. The van der Waals surface area contributed by atoms with E-state index in [1.54, 1.807) is 6.20 Å². The van der Waals surface area contributed by atoms with Crippen molar-refractivity contribution < 1.29 is 26.7 Å². The van der Waals surface area contributed by atoms with Crippen molar-refractivity contribution in [3.63, 3.8) is 0 Å². The van der Waals surface area contributed by atoms with Gasteiger partial charge in [0, 0.05) is 31.3 Å². The molecule has 0 bridgehead atoms.